The summed E-state index contributed by atoms with van der Waals surface area (Å²) in [7, 11) is 0. The van der Waals surface area contributed by atoms with E-state index < -0.39 is 0 Å². The van der Waals surface area contributed by atoms with Gasteiger partial charge in [-0.1, -0.05) is 20.3 Å². The SMILES string of the molecule is CCCc1cc(NCC)nc(-c2ccc(CC)o2)n1. The molecule has 2 aromatic heterocycles. The maximum atomic E-state index is 5.73. The molecule has 102 valence electrons. The lowest BCUT2D eigenvalue weighted by atomic mass is 10.2. The minimum atomic E-state index is 0.668. The summed E-state index contributed by atoms with van der Waals surface area (Å²) in [5.41, 5.74) is 1.05. The van der Waals surface area contributed by atoms with Crippen LogP contribution in [-0.2, 0) is 12.8 Å². The van der Waals surface area contributed by atoms with Crippen LogP contribution in [0.1, 0.15) is 38.6 Å². The van der Waals surface area contributed by atoms with Gasteiger partial charge in [-0.2, -0.15) is 0 Å². The van der Waals surface area contributed by atoms with Gasteiger partial charge in [0.2, 0.25) is 0 Å². The number of anilines is 1. The van der Waals surface area contributed by atoms with Crippen LogP contribution in [0.3, 0.4) is 0 Å². The topological polar surface area (TPSA) is 51.0 Å². The zero-order valence-corrected chi connectivity index (χ0v) is 11.9. The van der Waals surface area contributed by atoms with Crippen LogP contribution in [0.15, 0.2) is 22.6 Å². The smallest absolute Gasteiger partial charge is 0.197 e. The van der Waals surface area contributed by atoms with Crippen molar-refractivity contribution in [2.45, 2.75) is 40.0 Å². The molecule has 2 heterocycles. The number of rotatable bonds is 6. The molecular weight excluding hydrogens is 238 g/mol. The second-order valence-corrected chi connectivity index (χ2v) is 4.47. The Hall–Kier alpha value is -1.84. The summed E-state index contributed by atoms with van der Waals surface area (Å²) < 4.78 is 5.73. The van der Waals surface area contributed by atoms with Crippen molar-refractivity contribution < 1.29 is 4.42 Å². The minimum absolute atomic E-state index is 0.668. The van der Waals surface area contributed by atoms with Crippen molar-refractivity contribution in [1.82, 2.24) is 9.97 Å². The van der Waals surface area contributed by atoms with E-state index in [1.165, 1.54) is 0 Å². The molecule has 4 nitrogen and oxygen atoms in total. The van der Waals surface area contributed by atoms with Gasteiger partial charge in [-0.05, 0) is 25.5 Å². The number of nitrogens with one attached hydrogen (secondary N) is 1. The van der Waals surface area contributed by atoms with E-state index in [0.29, 0.717) is 5.82 Å². The molecule has 0 saturated carbocycles. The molecule has 0 unspecified atom stereocenters. The highest BCUT2D eigenvalue weighted by Crippen LogP contribution is 2.21. The molecule has 0 aliphatic heterocycles. The van der Waals surface area contributed by atoms with Crippen molar-refractivity contribution in [3.8, 4) is 11.6 Å². The Labute approximate surface area is 114 Å². The number of aryl methyl sites for hydroxylation is 2. The minimum Gasteiger partial charge on any atom is -0.458 e. The molecule has 0 aromatic carbocycles. The number of furan rings is 1. The molecule has 0 amide bonds. The number of aromatic nitrogens is 2. The molecule has 2 aromatic rings. The van der Waals surface area contributed by atoms with Gasteiger partial charge in [-0.3, -0.25) is 0 Å². The summed E-state index contributed by atoms with van der Waals surface area (Å²) in [6.45, 7) is 7.13. The summed E-state index contributed by atoms with van der Waals surface area (Å²) in [4.78, 5) is 9.09. The summed E-state index contributed by atoms with van der Waals surface area (Å²) in [6, 6.07) is 5.94. The first-order valence-electron chi connectivity index (χ1n) is 6.97. The second kappa shape index (κ2) is 6.36. The van der Waals surface area contributed by atoms with Crippen molar-refractivity contribution in [2.24, 2.45) is 0 Å². The summed E-state index contributed by atoms with van der Waals surface area (Å²) >= 11 is 0. The Balaban J connectivity index is 2.36. The highest BCUT2D eigenvalue weighted by Gasteiger charge is 2.10. The van der Waals surface area contributed by atoms with E-state index >= 15 is 0 Å². The van der Waals surface area contributed by atoms with Gasteiger partial charge in [-0.25, -0.2) is 9.97 Å². The molecule has 4 heteroatoms. The lowest BCUT2D eigenvalue weighted by Crippen LogP contribution is -2.03. The molecule has 0 atom stereocenters. The van der Waals surface area contributed by atoms with Gasteiger partial charge in [0, 0.05) is 24.7 Å². The maximum Gasteiger partial charge on any atom is 0.197 e. The van der Waals surface area contributed by atoms with E-state index in [9.17, 15) is 0 Å². The third-order valence-corrected chi connectivity index (χ3v) is 2.87. The van der Waals surface area contributed by atoms with E-state index in [1.54, 1.807) is 0 Å². The predicted molar refractivity (Wildman–Crippen MR) is 77.3 cm³/mol. The summed E-state index contributed by atoms with van der Waals surface area (Å²) in [6.07, 6.45) is 2.91. The molecule has 0 aliphatic rings. The molecule has 0 saturated heterocycles. The fourth-order valence-electron chi connectivity index (χ4n) is 1.95. The first-order chi connectivity index (χ1) is 9.26. The van der Waals surface area contributed by atoms with Crippen molar-refractivity contribution in [2.75, 3.05) is 11.9 Å². The Morgan fingerprint density at radius 3 is 2.63 bits per heavy atom. The number of hydrogen-bond acceptors (Lipinski definition) is 4. The van der Waals surface area contributed by atoms with Crippen LogP contribution in [0.5, 0.6) is 0 Å². The molecule has 19 heavy (non-hydrogen) atoms. The lowest BCUT2D eigenvalue weighted by Gasteiger charge is -2.07. The van der Waals surface area contributed by atoms with Crippen LogP contribution in [0.2, 0.25) is 0 Å². The van der Waals surface area contributed by atoms with Crippen molar-refractivity contribution >= 4 is 5.82 Å². The molecule has 1 N–H and O–H groups in total. The first kappa shape index (κ1) is 13.6. The lowest BCUT2D eigenvalue weighted by molar-refractivity contribution is 0.525. The van der Waals surface area contributed by atoms with Crippen molar-refractivity contribution in [3.05, 3.63) is 29.7 Å². The monoisotopic (exact) mass is 259 g/mol. The fraction of sp³-hybridized carbons (Fsp3) is 0.467. The average molecular weight is 259 g/mol. The zero-order chi connectivity index (χ0) is 13.7. The van der Waals surface area contributed by atoms with Crippen LogP contribution in [0.25, 0.3) is 11.6 Å². The van der Waals surface area contributed by atoms with Crippen LogP contribution in [-0.4, -0.2) is 16.5 Å². The standard InChI is InChI=1S/C15H21N3O/c1-4-7-11-10-14(16-6-3)18-15(17-11)13-9-8-12(5-2)19-13/h8-10H,4-7H2,1-3H3,(H,16,17,18). The van der Waals surface area contributed by atoms with Gasteiger partial charge >= 0.3 is 0 Å². The molecule has 2 rings (SSSR count). The van der Waals surface area contributed by atoms with Crippen molar-refractivity contribution in [3.63, 3.8) is 0 Å². The summed E-state index contributed by atoms with van der Waals surface area (Å²) in [5, 5.41) is 3.24. The fourth-order valence-corrected chi connectivity index (χ4v) is 1.95. The van der Waals surface area contributed by atoms with E-state index in [2.05, 4.69) is 36.1 Å². The Kier molecular flexibility index (Phi) is 4.55. The maximum absolute atomic E-state index is 5.73. The van der Waals surface area contributed by atoms with Gasteiger partial charge in [0.25, 0.3) is 0 Å². The second-order valence-electron chi connectivity index (χ2n) is 4.47. The number of hydrogen-bond donors (Lipinski definition) is 1. The molecule has 0 bridgehead atoms. The highest BCUT2D eigenvalue weighted by atomic mass is 16.3. The molecular formula is C15H21N3O. The highest BCUT2D eigenvalue weighted by molar-refractivity contribution is 5.52. The zero-order valence-electron chi connectivity index (χ0n) is 11.9. The van der Waals surface area contributed by atoms with Crippen LogP contribution < -0.4 is 5.32 Å². The normalized spacial score (nSPS) is 10.7. The predicted octanol–water partition coefficient (Wildman–Crippen LogP) is 3.68. The Morgan fingerprint density at radius 1 is 1.16 bits per heavy atom. The third kappa shape index (κ3) is 3.34. The molecule has 0 radical (unpaired) electrons. The van der Waals surface area contributed by atoms with Gasteiger partial charge in [0.1, 0.15) is 11.6 Å². The van der Waals surface area contributed by atoms with Crippen LogP contribution in [0, 0.1) is 0 Å². The van der Waals surface area contributed by atoms with Gasteiger partial charge in [0.15, 0.2) is 11.6 Å². The summed E-state index contributed by atoms with van der Waals surface area (Å²) in [5.74, 6) is 3.24. The van der Waals surface area contributed by atoms with Crippen LogP contribution >= 0.6 is 0 Å². The first-order valence-corrected chi connectivity index (χ1v) is 6.97. The van der Waals surface area contributed by atoms with Gasteiger partial charge in [0.05, 0.1) is 0 Å². The largest absolute Gasteiger partial charge is 0.458 e. The van der Waals surface area contributed by atoms with E-state index in [-0.39, 0.29) is 0 Å². The Bertz CT molecular complexity index is 510. The quantitative estimate of drug-likeness (QED) is 0.859. The Morgan fingerprint density at radius 2 is 2.00 bits per heavy atom. The van der Waals surface area contributed by atoms with Crippen LogP contribution in [0.4, 0.5) is 5.82 Å². The van der Waals surface area contributed by atoms with Crippen molar-refractivity contribution in [1.29, 1.82) is 0 Å². The molecule has 0 aliphatic carbocycles. The van der Waals surface area contributed by atoms with Gasteiger partial charge < -0.3 is 9.73 Å². The third-order valence-electron chi connectivity index (χ3n) is 2.87. The molecule has 0 spiro atoms. The van der Waals surface area contributed by atoms with E-state index in [4.69, 9.17) is 4.42 Å². The van der Waals surface area contributed by atoms with Gasteiger partial charge in [-0.15, -0.1) is 0 Å². The van der Waals surface area contributed by atoms with E-state index in [1.807, 2.05) is 18.2 Å². The average Bonchev–Trinajstić information content (AvgIpc) is 2.88. The van der Waals surface area contributed by atoms with E-state index in [0.717, 1.165) is 48.8 Å². The molecule has 0 fully saturated rings. The number of nitrogens with zero attached hydrogens (tertiary/aromatic N) is 2.